The number of hydrazine groups is 1. The minimum absolute atomic E-state index is 0.726. The molecule has 0 aliphatic carbocycles. The number of rotatable bonds is 1. The smallest absolute Gasteiger partial charge is 0.0560 e. The van der Waals surface area contributed by atoms with Crippen molar-refractivity contribution in [2.24, 2.45) is 5.84 Å². The van der Waals surface area contributed by atoms with Crippen LogP contribution in [-0.2, 0) is 0 Å². The molecule has 0 amide bonds. The maximum atomic E-state index is 5.86. The van der Waals surface area contributed by atoms with Crippen LogP contribution in [0.3, 0.4) is 0 Å². The summed E-state index contributed by atoms with van der Waals surface area (Å²) >= 11 is 8.04. The molecule has 0 radical (unpaired) electrons. The van der Waals surface area contributed by atoms with E-state index in [0.717, 1.165) is 19.8 Å². The lowest BCUT2D eigenvalue weighted by Crippen LogP contribution is -2.08. The highest BCUT2D eigenvalue weighted by atomic mass is 127. The molecule has 0 aromatic heterocycles. The van der Waals surface area contributed by atoms with Crippen molar-refractivity contribution in [3.05, 3.63) is 26.3 Å². The van der Waals surface area contributed by atoms with Crippen LogP contribution >= 0.6 is 34.2 Å². The molecule has 0 fully saturated rings. The number of hydrogen-bond donors (Lipinski definition) is 2. The molecule has 2 nitrogen and oxygen atoms in total. The summed E-state index contributed by atoms with van der Waals surface area (Å²) in [7, 11) is 0. The Morgan fingerprint density at radius 2 is 2.18 bits per heavy atom. The van der Waals surface area contributed by atoms with Crippen LogP contribution in [0.1, 0.15) is 5.56 Å². The van der Waals surface area contributed by atoms with Gasteiger partial charge in [0.25, 0.3) is 0 Å². The zero-order valence-electron chi connectivity index (χ0n) is 5.99. The van der Waals surface area contributed by atoms with Gasteiger partial charge in [-0.25, -0.2) is 0 Å². The minimum Gasteiger partial charge on any atom is -0.324 e. The third kappa shape index (κ3) is 1.98. The van der Waals surface area contributed by atoms with Crippen molar-refractivity contribution in [3.8, 4) is 0 Å². The summed E-state index contributed by atoms with van der Waals surface area (Å²) in [6.45, 7) is 1.98. The van der Waals surface area contributed by atoms with Crippen LogP contribution in [0.4, 0.5) is 5.69 Å². The SMILES string of the molecule is Cc1cc(I)c(Cl)cc1NN. The summed E-state index contributed by atoms with van der Waals surface area (Å²) in [5.41, 5.74) is 4.54. The average Bonchev–Trinajstić information content (AvgIpc) is 1.97. The average molecular weight is 283 g/mol. The van der Waals surface area contributed by atoms with Gasteiger partial charge in [0.05, 0.1) is 10.7 Å². The monoisotopic (exact) mass is 282 g/mol. The molecule has 11 heavy (non-hydrogen) atoms. The fourth-order valence-corrected chi connectivity index (χ4v) is 1.59. The largest absolute Gasteiger partial charge is 0.324 e. The summed E-state index contributed by atoms with van der Waals surface area (Å²) < 4.78 is 1.04. The van der Waals surface area contributed by atoms with E-state index in [1.807, 2.05) is 19.1 Å². The van der Waals surface area contributed by atoms with Crippen molar-refractivity contribution >= 4 is 39.9 Å². The Balaban J connectivity index is 3.21. The van der Waals surface area contributed by atoms with Crippen molar-refractivity contribution in [2.75, 3.05) is 5.43 Å². The van der Waals surface area contributed by atoms with Gasteiger partial charge in [0, 0.05) is 3.57 Å². The molecule has 0 aliphatic heterocycles. The van der Waals surface area contributed by atoms with Crippen LogP contribution in [0.2, 0.25) is 5.02 Å². The van der Waals surface area contributed by atoms with Gasteiger partial charge in [0.2, 0.25) is 0 Å². The molecule has 1 aromatic carbocycles. The van der Waals surface area contributed by atoms with Crippen LogP contribution in [0.25, 0.3) is 0 Å². The summed E-state index contributed by atoms with van der Waals surface area (Å²) in [4.78, 5) is 0. The van der Waals surface area contributed by atoms with Gasteiger partial charge in [-0.15, -0.1) is 0 Å². The number of halogens is 2. The van der Waals surface area contributed by atoms with E-state index >= 15 is 0 Å². The van der Waals surface area contributed by atoms with Gasteiger partial charge in [0.15, 0.2) is 0 Å². The highest BCUT2D eigenvalue weighted by molar-refractivity contribution is 14.1. The van der Waals surface area contributed by atoms with Crippen LogP contribution in [0.15, 0.2) is 12.1 Å². The Morgan fingerprint density at radius 3 is 2.73 bits per heavy atom. The molecule has 0 unspecified atom stereocenters. The number of benzene rings is 1. The molecule has 1 rings (SSSR count). The standard InChI is InChI=1S/C7H8ClIN2/c1-4-2-6(9)5(8)3-7(4)11-10/h2-3,11H,10H2,1H3. The third-order valence-corrected chi connectivity index (χ3v) is 2.95. The first-order valence-electron chi connectivity index (χ1n) is 3.07. The molecular formula is C7H8ClIN2. The van der Waals surface area contributed by atoms with Crippen molar-refractivity contribution in [1.29, 1.82) is 0 Å². The molecule has 60 valence electrons. The van der Waals surface area contributed by atoms with Gasteiger partial charge in [0.1, 0.15) is 0 Å². The zero-order chi connectivity index (χ0) is 8.43. The van der Waals surface area contributed by atoms with Crippen molar-refractivity contribution in [2.45, 2.75) is 6.92 Å². The first kappa shape index (κ1) is 9.09. The van der Waals surface area contributed by atoms with Gasteiger partial charge in [-0.1, -0.05) is 11.6 Å². The van der Waals surface area contributed by atoms with Crippen LogP contribution < -0.4 is 11.3 Å². The second-order valence-corrected chi connectivity index (χ2v) is 3.79. The Kier molecular flexibility index (Phi) is 2.98. The van der Waals surface area contributed by atoms with E-state index in [0.29, 0.717) is 0 Å². The van der Waals surface area contributed by atoms with Gasteiger partial charge in [-0.05, 0) is 47.2 Å². The molecule has 0 bridgehead atoms. The Bertz CT molecular complexity index is 275. The van der Waals surface area contributed by atoms with E-state index in [1.165, 1.54) is 0 Å². The number of nitrogen functional groups attached to an aromatic ring is 1. The fraction of sp³-hybridized carbons (Fsp3) is 0.143. The van der Waals surface area contributed by atoms with Gasteiger partial charge < -0.3 is 5.43 Å². The normalized spacial score (nSPS) is 9.82. The van der Waals surface area contributed by atoms with Crippen molar-refractivity contribution in [1.82, 2.24) is 0 Å². The molecule has 0 spiro atoms. The van der Waals surface area contributed by atoms with E-state index in [-0.39, 0.29) is 0 Å². The Labute approximate surface area is 84.2 Å². The molecule has 0 heterocycles. The van der Waals surface area contributed by atoms with Crippen LogP contribution in [0.5, 0.6) is 0 Å². The lowest BCUT2D eigenvalue weighted by molar-refractivity contribution is 1.30. The number of anilines is 1. The fourth-order valence-electron chi connectivity index (χ4n) is 0.802. The number of nitrogens with one attached hydrogen (secondary N) is 1. The summed E-state index contributed by atoms with van der Waals surface area (Å²) in [5, 5.41) is 0.726. The minimum atomic E-state index is 0.726. The van der Waals surface area contributed by atoms with Crippen molar-refractivity contribution < 1.29 is 0 Å². The van der Waals surface area contributed by atoms with Gasteiger partial charge in [-0.2, -0.15) is 0 Å². The van der Waals surface area contributed by atoms with E-state index in [9.17, 15) is 0 Å². The van der Waals surface area contributed by atoms with Crippen molar-refractivity contribution in [3.63, 3.8) is 0 Å². The summed E-state index contributed by atoms with van der Waals surface area (Å²) in [5.74, 6) is 5.26. The van der Waals surface area contributed by atoms with E-state index in [4.69, 9.17) is 17.4 Å². The molecule has 1 aromatic rings. The molecule has 0 atom stereocenters. The molecule has 0 saturated heterocycles. The number of hydrogen-bond acceptors (Lipinski definition) is 2. The highest BCUT2D eigenvalue weighted by Gasteiger charge is 2.01. The number of nitrogens with two attached hydrogens (primary N) is 1. The number of aryl methyl sites for hydroxylation is 1. The Hall–Kier alpha value is -0.0000000000000000763. The zero-order valence-corrected chi connectivity index (χ0v) is 8.90. The summed E-state index contributed by atoms with van der Waals surface area (Å²) in [6.07, 6.45) is 0. The maximum Gasteiger partial charge on any atom is 0.0560 e. The maximum absolute atomic E-state index is 5.86. The molecule has 0 aliphatic rings. The third-order valence-electron chi connectivity index (χ3n) is 1.42. The highest BCUT2D eigenvalue weighted by Crippen LogP contribution is 2.25. The second kappa shape index (κ2) is 3.60. The van der Waals surface area contributed by atoms with Gasteiger partial charge >= 0.3 is 0 Å². The van der Waals surface area contributed by atoms with Gasteiger partial charge in [-0.3, -0.25) is 5.84 Å². The molecule has 3 N–H and O–H groups in total. The summed E-state index contributed by atoms with van der Waals surface area (Å²) in [6, 6.07) is 3.80. The first-order valence-corrected chi connectivity index (χ1v) is 4.53. The molecular weight excluding hydrogens is 274 g/mol. The molecule has 4 heteroatoms. The van der Waals surface area contributed by atoms with Crippen LogP contribution in [-0.4, -0.2) is 0 Å². The lowest BCUT2D eigenvalue weighted by Gasteiger charge is -2.05. The van der Waals surface area contributed by atoms with Crippen LogP contribution in [0, 0.1) is 10.5 Å². The predicted octanol–water partition coefficient (Wildman–Crippen LogP) is 2.54. The first-order chi connectivity index (χ1) is 5.15. The van der Waals surface area contributed by atoms with E-state index in [2.05, 4.69) is 28.0 Å². The molecule has 0 saturated carbocycles. The Morgan fingerprint density at radius 1 is 1.55 bits per heavy atom. The topological polar surface area (TPSA) is 38.0 Å². The van der Waals surface area contributed by atoms with E-state index < -0.39 is 0 Å². The lowest BCUT2D eigenvalue weighted by atomic mass is 10.2. The quantitative estimate of drug-likeness (QED) is 0.472. The van der Waals surface area contributed by atoms with E-state index in [1.54, 1.807) is 0 Å². The second-order valence-electron chi connectivity index (χ2n) is 2.23. The predicted molar refractivity (Wildman–Crippen MR) is 56.7 cm³/mol.